The quantitative estimate of drug-likeness (QED) is 0.614. The molecule has 0 aromatic heterocycles. The maximum Gasteiger partial charge on any atom is 0.294 e. The summed E-state index contributed by atoms with van der Waals surface area (Å²) < 4.78 is 18.6. The maximum absolute atomic E-state index is 13.5. The Morgan fingerprint density at radius 2 is 2.37 bits per heavy atom. The molecule has 0 saturated carbocycles. The van der Waals surface area contributed by atoms with Gasteiger partial charge in [0.1, 0.15) is 11.5 Å². The Morgan fingerprint density at radius 1 is 1.63 bits per heavy atom. The van der Waals surface area contributed by atoms with Crippen LogP contribution in [0.2, 0.25) is 5.02 Å². The van der Waals surface area contributed by atoms with E-state index in [1.165, 1.54) is 0 Å². The molecule has 0 amide bonds. The highest BCUT2D eigenvalue weighted by molar-refractivity contribution is 6.31. The zero-order chi connectivity index (χ0) is 14.0. The van der Waals surface area contributed by atoms with Crippen LogP contribution in [0.15, 0.2) is 12.1 Å². The monoisotopic (exact) mass is 285 g/mol. The number of halogens is 2. The molecule has 6 nitrogen and oxygen atoms in total. The van der Waals surface area contributed by atoms with E-state index in [0.717, 1.165) is 12.1 Å². The Hall–Kier alpha value is -1.91. The van der Waals surface area contributed by atoms with Crippen LogP contribution in [0.3, 0.4) is 0 Å². The molecule has 0 aliphatic carbocycles. The van der Waals surface area contributed by atoms with Crippen LogP contribution in [-0.2, 0) is 4.74 Å². The first-order valence-electron chi connectivity index (χ1n) is 5.42. The van der Waals surface area contributed by atoms with Crippen LogP contribution < -0.4 is 4.90 Å². The lowest BCUT2D eigenvalue weighted by molar-refractivity contribution is -0.384. The molecule has 1 saturated heterocycles. The van der Waals surface area contributed by atoms with Crippen molar-refractivity contribution in [3.8, 4) is 6.07 Å². The van der Waals surface area contributed by atoms with Crippen molar-refractivity contribution in [1.82, 2.24) is 0 Å². The minimum Gasteiger partial charge on any atom is -0.360 e. The van der Waals surface area contributed by atoms with Gasteiger partial charge in [-0.2, -0.15) is 5.26 Å². The molecule has 0 spiro atoms. The number of ether oxygens (including phenoxy) is 1. The summed E-state index contributed by atoms with van der Waals surface area (Å²) in [4.78, 5) is 11.9. The third kappa shape index (κ3) is 2.75. The molecule has 8 heteroatoms. The van der Waals surface area contributed by atoms with Gasteiger partial charge in [-0.05, 0) is 0 Å². The van der Waals surface area contributed by atoms with Gasteiger partial charge in [-0.1, -0.05) is 11.6 Å². The number of nitro benzene ring substituents is 1. The summed E-state index contributed by atoms with van der Waals surface area (Å²) in [7, 11) is 0. The lowest BCUT2D eigenvalue weighted by Gasteiger charge is -2.31. The molecule has 100 valence electrons. The van der Waals surface area contributed by atoms with Crippen LogP contribution >= 0.6 is 11.6 Å². The van der Waals surface area contributed by atoms with Gasteiger partial charge in [0.15, 0.2) is 6.10 Å². The summed E-state index contributed by atoms with van der Waals surface area (Å²) in [6, 6.07) is 3.91. The summed E-state index contributed by atoms with van der Waals surface area (Å²) in [5, 5.41) is 19.5. The predicted octanol–water partition coefficient (Wildman–Crippen LogP) is 2.12. The van der Waals surface area contributed by atoms with Crippen molar-refractivity contribution in [2.75, 3.05) is 24.6 Å². The molecule has 1 atom stereocenters. The summed E-state index contributed by atoms with van der Waals surface area (Å²) in [6.07, 6.45) is -0.688. The fraction of sp³-hybridized carbons (Fsp3) is 0.364. The lowest BCUT2D eigenvalue weighted by Crippen LogP contribution is -2.42. The normalized spacial score (nSPS) is 19.0. The Balaban J connectivity index is 2.40. The second-order valence-corrected chi connectivity index (χ2v) is 4.35. The standard InChI is InChI=1S/C11H9ClFN3O3/c12-8-3-11(16(17)18)10(4-9(8)13)15-1-2-19-7(5-14)6-15/h3-4,7H,1-2,6H2. The van der Waals surface area contributed by atoms with Gasteiger partial charge in [0.05, 0.1) is 29.2 Å². The van der Waals surface area contributed by atoms with Crippen molar-refractivity contribution < 1.29 is 14.1 Å². The average Bonchev–Trinajstić information content (AvgIpc) is 2.41. The predicted molar refractivity (Wildman–Crippen MR) is 65.6 cm³/mol. The van der Waals surface area contributed by atoms with Gasteiger partial charge in [0.25, 0.3) is 5.69 Å². The van der Waals surface area contributed by atoms with E-state index in [1.807, 2.05) is 6.07 Å². The number of morpholine rings is 1. The minimum atomic E-state index is -0.734. The van der Waals surface area contributed by atoms with Crippen LogP contribution in [-0.4, -0.2) is 30.7 Å². The van der Waals surface area contributed by atoms with Crippen LogP contribution in [0.4, 0.5) is 15.8 Å². The Labute approximate surface area is 113 Å². The number of rotatable bonds is 2. The first-order valence-corrected chi connectivity index (χ1v) is 5.80. The van der Waals surface area contributed by atoms with Gasteiger partial charge in [0, 0.05) is 18.7 Å². The summed E-state index contributed by atoms with van der Waals surface area (Å²) in [6.45, 7) is 0.748. The SMILES string of the molecule is N#CC1CN(c2cc(F)c(Cl)cc2[N+](=O)[O-])CCO1. The molecule has 1 aliphatic rings. The molecular formula is C11H9ClFN3O3. The smallest absolute Gasteiger partial charge is 0.294 e. The zero-order valence-corrected chi connectivity index (χ0v) is 10.4. The zero-order valence-electron chi connectivity index (χ0n) is 9.68. The highest BCUT2D eigenvalue weighted by atomic mass is 35.5. The third-order valence-electron chi connectivity index (χ3n) is 2.77. The molecule has 2 rings (SSSR count). The highest BCUT2D eigenvalue weighted by Crippen LogP contribution is 2.33. The van der Waals surface area contributed by atoms with Gasteiger partial charge in [-0.3, -0.25) is 10.1 Å². The largest absolute Gasteiger partial charge is 0.360 e. The van der Waals surface area contributed by atoms with E-state index >= 15 is 0 Å². The number of nitrogens with zero attached hydrogens (tertiary/aromatic N) is 3. The summed E-state index contributed by atoms with van der Waals surface area (Å²) in [5.41, 5.74) is -0.180. The average molecular weight is 286 g/mol. The van der Waals surface area contributed by atoms with Crippen LogP contribution in [0, 0.1) is 27.3 Å². The van der Waals surface area contributed by atoms with E-state index in [9.17, 15) is 14.5 Å². The van der Waals surface area contributed by atoms with Crippen LogP contribution in [0.1, 0.15) is 0 Å². The first-order chi connectivity index (χ1) is 9.02. The number of nitro groups is 1. The number of hydrogen-bond donors (Lipinski definition) is 0. The molecule has 19 heavy (non-hydrogen) atoms. The lowest BCUT2D eigenvalue weighted by atomic mass is 10.2. The fourth-order valence-corrected chi connectivity index (χ4v) is 2.03. The van der Waals surface area contributed by atoms with E-state index in [4.69, 9.17) is 21.6 Å². The van der Waals surface area contributed by atoms with Gasteiger partial charge in [-0.25, -0.2) is 4.39 Å². The van der Waals surface area contributed by atoms with Gasteiger partial charge < -0.3 is 9.64 Å². The second-order valence-electron chi connectivity index (χ2n) is 3.95. The molecule has 1 fully saturated rings. The molecule has 0 radical (unpaired) electrons. The summed E-state index contributed by atoms with van der Waals surface area (Å²) in [5.74, 6) is -0.734. The minimum absolute atomic E-state index is 0.107. The van der Waals surface area contributed by atoms with Crippen molar-refractivity contribution in [3.63, 3.8) is 0 Å². The van der Waals surface area contributed by atoms with Crippen molar-refractivity contribution in [2.24, 2.45) is 0 Å². The molecular weight excluding hydrogens is 277 g/mol. The number of benzene rings is 1. The first kappa shape index (κ1) is 13.5. The van der Waals surface area contributed by atoms with Crippen LogP contribution in [0.5, 0.6) is 0 Å². The van der Waals surface area contributed by atoms with Gasteiger partial charge in [-0.15, -0.1) is 0 Å². The van der Waals surface area contributed by atoms with E-state index < -0.39 is 16.8 Å². The molecule has 1 heterocycles. The molecule has 1 aromatic rings. The van der Waals surface area contributed by atoms with Crippen molar-refractivity contribution in [2.45, 2.75) is 6.10 Å². The molecule has 0 N–H and O–H groups in total. The Kier molecular flexibility index (Phi) is 3.83. The Morgan fingerprint density at radius 3 is 3.00 bits per heavy atom. The fourth-order valence-electron chi connectivity index (χ4n) is 1.87. The van der Waals surface area contributed by atoms with Gasteiger partial charge >= 0.3 is 0 Å². The van der Waals surface area contributed by atoms with Crippen molar-refractivity contribution in [1.29, 1.82) is 5.26 Å². The number of hydrogen-bond acceptors (Lipinski definition) is 5. The number of nitriles is 1. The molecule has 0 bridgehead atoms. The van der Waals surface area contributed by atoms with Gasteiger partial charge in [0.2, 0.25) is 0 Å². The van der Waals surface area contributed by atoms with E-state index in [1.54, 1.807) is 4.90 Å². The summed E-state index contributed by atoms with van der Waals surface area (Å²) >= 11 is 5.55. The van der Waals surface area contributed by atoms with E-state index in [-0.39, 0.29) is 29.5 Å². The third-order valence-corrected chi connectivity index (χ3v) is 3.05. The molecule has 1 aromatic carbocycles. The maximum atomic E-state index is 13.5. The van der Waals surface area contributed by atoms with Crippen molar-refractivity contribution in [3.05, 3.63) is 33.1 Å². The second kappa shape index (κ2) is 5.38. The van der Waals surface area contributed by atoms with E-state index in [2.05, 4.69) is 0 Å². The molecule has 1 aliphatic heterocycles. The molecule has 1 unspecified atom stereocenters. The van der Waals surface area contributed by atoms with Crippen LogP contribution in [0.25, 0.3) is 0 Å². The van der Waals surface area contributed by atoms with Crippen molar-refractivity contribution >= 4 is 23.0 Å². The number of anilines is 1. The Bertz CT molecular complexity index is 561. The highest BCUT2D eigenvalue weighted by Gasteiger charge is 2.27. The van der Waals surface area contributed by atoms with E-state index in [0.29, 0.717) is 6.54 Å². The topological polar surface area (TPSA) is 79.4 Å².